The summed E-state index contributed by atoms with van der Waals surface area (Å²) in [4.78, 5) is 7.09. The van der Waals surface area contributed by atoms with Crippen LogP contribution in [0.15, 0.2) is 23.1 Å². The van der Waals surface area contributed by atoms with Gasteiger partial charge in [-0.2, -0.15) is 5.10 Å². The third kappa shape index (κ3) is 5.36. The molecule has 3 aromatic rings. The van der Waals surface area contributed by atoms with Gasteiger partial charge in [0.1, 0.15) is 11.3 Å². The van der Waals surface area contributed by atoms with Crippen molar-refractivity contribution in [3.63, 3.8) is 0 Å². The van der Waals surface area contributed by atoms with Crippen LogP contribution in [0.25, 0.3) is 22.0 Å². The van der Waals surface area contributed by atoms with Gasteiger partial charge in [-0.15, -0.1) is 0 Å². The first-order valence-electron chi connectivity index (χ1n) is 11.0. The normalized spacial score (nSPS) is 16.8. The number of aromatic nitrogens is 4. The molecule has 0 aliphatic carbocycles. The number of pyridine rings is 1. The van der Waals surface area contributed by atoms with Crippen LogP contribution in [0.3, 0.4) is 0 Å². The lowest BCUT2D eigenvalue weighted by molar-refractivity contribution is 0.0810. The second kappa shape index (κ2) is 9.66. The van der Waals surface area contributed by atoms with Crippen LogP contribution in [-0.2, 0) is 11.5 Å². The first kappa shape index (κ1) is 24.1. The highest BCUT2D eigenvalue weighted by Gasteiger charge is 2.24. The summed E-state index contributed by atoms with van der Waals surface area (Å²) in [7, 11) is 1.63. The third-order valence-electron chi connectivity index (χ3n) is 6.10. The molecule has 0 amide bonds. The number of likely N-dealkylation sites (tertiary alicyclic amines) is 1. The first-order valence-corrected chi connectivity index (χ1v) is 15.2. The van der Waals surface area contributed by atoms with E-state index in [-0.39, 0.29) is 0 Å². The molecule has 1 fully saturated rings. The van der Waals surface area contributed by atoms with E-state index in [0.717, 1.165) is 65.1 Å². The maximum absolute atomic E-state index is 6.63. The fourth-order valence-electron chi connectivity index (χ4n) is 4.32. The summed E-state index contributed by atoms with van der Waals surface area (Å²) in [6, 6.07) is 2.56. The number of piperidine rings is 1. The summed E-state index contributed by atoms with van der Waals surface area (Å²) in [6.07, 6.45) is 13.4. The zero-order valence-electron chi connectivity index (χ0n) is 19.6. The van der Waals surface area contributed by atoms with Gasteiger partial charge >= 0.3 is 0 Å². The van der Waals surface area contributed by atoms with Gasteiger partial charge in [0.15, 0.2) is 5.15 Å². The molecule has 0 spiro atoms. The van der Waals surface area contributed by atoms with Crippen molar-refractivity contribution < 1.29 is 4.74 Å². The number of ether oxygens (including phenoxy) is 1. The molecule has 0 N–H and O–H groups in total. The zero-order valence-corrected chi connectivity index (χ0v) is 22.7. The lowest BCUT2D eigenvalue weighted by Crippen LogP contribution is -2.31. The Morgan fingerprint density at radius 1 is 1.19 bits per heavy atom. The molecule has 1 aliphatic rings. The Bertz CT molecular complexity index is 1100. The Hall–Kier alpha value is -1.06. The lowest BCUT2D eigenvalue weighted by atomic mass is 10.1. The van der Waals surface area contributed by atoms with E-state index < -0.39 is 10.0 Å². The van der Waals surface area contributed by atoms with Crippen molar-refractivity contribution in [1.82, 2.24) is 24.2 Å². The zero-order chi connectivity index (χ0) is 23.0. The quantitative estimate of drug-likeness (QED) is 0.290. The molecule has 0 radical (unpaired) electrons. The van der Waals surface area contributed by atoms with E-state index in [0.29, 0.717) is 17.9 Å². The number of nitrogens with zero attached hydrogens (tertiary/aromatic N) is 5. The minimum absolute atomic E-state index is 0.410. The molecule has 0 saturated carbocycles. The van der Waals surface area contributed by atoms with Crippen LogP contribution in [0.2, 0.25) is 5.15 Å². The van der Waals surface area contributed by atoms with E-state index in [1.807, 2.05) is 6.20 Å². The standard InChI is InChI=1S/C23H33BrClN5OS/c1-16-22-18(12-21(24)26-16)19(14-30(22)17-6-8-28(2)9-7-17)20-13-29(27-23(20)25)15-31-10-11-32(3,4)5/h12-14,17H,6-11,15H2,1-5H3. The smallest absolute Gasteiger partial charge is 0.159 e. The molecule has 1 saturated heterocycles. The molecule has 0 aromatic carbocycles. The van der Waals surface area contributed by atoms with Crippen molar-refractivity contribution >= 4 is 48.5 Å². The SMILES string of the molecule is Cc1nc(Br)cc2c(-c3cn(COCCS(C)(C)C)nc3Cl)cn(C3CCN(C)CC3)c12. The maximum atomic E-state index is 6.63. The van der Waals surface area contributed by atoms with Gasteiger partial charge in [-0.05, 0) is 80.7 Å². The van der Waals surface area contributed by atoms with Crippen LogP contribution in [0, 0.1) is 6.92 Å². The van der Waals surface area contributed by atoms with E-state index in [9.17, 15) is 0 Å². The predicted molar refractivity (Wildman–Crippen MR) is 140 cm³/mol. The van der Waals surface area contributed by atoms with Crippen LogP contribution in [0.1, 0.15) is 24.6 Å². The summed E-state index contributed by atoms with van der Waals surface area (Å²) in [5.41, 5.74) is 4.24. The molecule has 32 heavy (non-hydrogen) atoms. The minimum Gasteiger partial charge on any atom is -0.358 e. The Kier molecular flexibility index (Phi) is 7.27. The molecule has 3 aromatic heterocycles. The molecule has 1 aliphatic heterocycles. The molecule has 0 unspecified atom stereocenters. The highest BCUT2D eigenvalue weighted by atomic mass is 79.9. The highest BCUT2D eigenvalue weighted by Crippen LogP contribution is 2.39. The van der Waals surface area contributed by atoms with Crippen molar-refractivity contribution in [2.45, 2.75) is 32.5 Å². The van der Waals surface area contributed by atoms with Gasteiger partial charge in [0.25, 0.3) is 0 Å². The van der Waals surface area contributed by atoms with E-state index in [1.165, 1.54) is 5.52 Å². The summed E-state index contributed by atoms with van der Waals surface area (Å²) in [6.45, 7) is 5.44. The molecule has 4 heterocycles. The van der Waals surface area contributed by atoms with E-state index in [4.69, 9.17) is 21.3 Å². The van der Waals surface area contributed by atoms with Gasteiger partial charge in [-0.25, -0.2) is 19.7 Å². The maximum Gasteiger partial charge on any atom is 0.159 e. The van der Waals surface area contributed by atoms with Gasteiger partial charge in [0.2, 0.25) is 0 Å². The Balaban J connectivity index is 1.66. The number of aryl methyl sites for hydroxylation is 1. The van der Waals surface area contributed by atoms with Crippen LogP contribution in [0.4, 0.5) is 0 Å². The number of fused-ring (bicyclic) bond motifs is 1. The summed E-state index contributed by atoms with van der Waals surface area (Å²) < 4.78 is 10.9. The van der Waals surface area contributed by atoms with Crippen molar-refractivity contribution in [3.05, 3.63) is 33.9 Å². The predicted octanol–water partition coefficient (Wildman–Crippen LogP) is 5.56. The average Bonchev–Trinajstić information content (AvgIpc) is 3.25. The van der Waals surface area contributed by atoms with Crippen LogP contribution in [-0.4, -0.2) is 75.5 Å². The molecule has 176 valence electrons. The van der Waals surface area contributed by atoms with Gasteiger partial charge in [-0.1, -0.05) is 11.6 Å². The van der Waals surface area contributed by atoms with Crippen molar-refractivity contribution in [3.8, 4) is 11.1 Å². The third-order valence-corrected chi connectivity index (χ3v) is 8.18. The Morgan fingerprint density at radius 2 is 1.91 bits per heavy atom. The van der Waals surface area contributed by atoms with Crippen molar-refractivity contribution in [2.75, 3.05) is 51.3 Å². The Morgan fingerprint density at radius 3 is 2.59 bits per heavy atom. The molecule has 4 rings (SSSR count). The van der Waals surface area contributed by atoms with Crippen molar-refractivity contribution in [1.29, 1.82) is 0 Å². The number of rotatable bonds is 7. The summed E-state index contributed by atoms with van der Waals surface area (Å²) in [5.74, 6) is 1.08. The van der Waals surface area contributed by atoms with E-state index in [1.54, 1.807) is 4.68 Å². The Labute approximate surface area is 205 Å². The van der Waals surface area contributed by atoms with E-state index >= 15 is 0 Å². The van der Waals surface area contributed by atoms with Crippen LogP contribution < -0.4 is 0 Å². The number of hydrogen-bond donors (Lipinski definition) is 0. The van der Waals surface area contributed by atoms with Gasteiger partial charge < -0.3 is 14.2 Å². The first-order chi connectivity index (χ1) is 15.1. The molecule has 0 bridgehead atoms. The molecular weight excluding hydrogens is 510 g/mol. The molecular formula is C23H33BrClN5OS. The van der Waals surface area contributed by atoms with E-state index in [2.05, 4.69) is 75.5 Å². The van der Waals surface area contributed by atoms with Gasteiger partial charge in [0, 0.05) is 40.7 Å². The minimum atomic E-state index is -0.565. The van der Waals surface area contributed by atoms with Crippen molar-refractivity contribution in [2.24, 2.45) is 0 Å². The van der Waals surface area contributed by atoms with Crippen LogP contribution >= 0.6 is 37.6 Å². The highest BCUT2D eigenvalue weighted by molar-refractivity contribution is 9.10. The lowest BCUT2D eigenvalue weighted by Gasteiger charge is -2.30. The topological polar surface area (TPSA) is 48.1 Å². The summed E-state index contributed by atoms with van der Waals surface area (Å²) >= 11 is 10.2. The second-order valence-electron chi connectivity index (χ2n) is 9.62. The molecule has 9 heteroatoms. The largest absolute Gasteiger partial charge is 0.358 e. The molecule has 0 atom stereocenters. The fourth-order valence-corrected chi connectivity index (χ4v) is 5.68. The second-order valence-corrected chi connectivity index (χ2v) is 15.4. The average molecular weight is 543 g/mol. The molecule has 6 nitrogen and oxygen atoms in total. The number of hydrogen-bond acceptors (Lipinski definition) is 4. The number of halogens is 2. The van der Waals surface area contributed by atoms with Crippen LogP contribution in [0.5, 0.6) is 0 Å². The fraction of sp³-hybridized carbons (Fsp3) is 0.565. The summed E-state index contributed by atoms with van der Waals surface area (Å²) in [5, 5.41) is 6.18. The van der Waals surface area contributed by atoms with Gasteiger partial charge in [-0.3, -0.25) is 0 Å². The monoisotopic (exact) mass is 541 g/mol. The van der Waals surface area contributed by atoms with Gasteiger partial charge in [0.05, 0.1) is 17.8 Å².